The van der Waals surface area contributed by atoms with Crippen molar-refractivity contribution in [2.75, 3.05) is 0 Å². The van der Waals surface area contributed by atoms with Crippen LogP contribution in [0.2, 0.25) is 0 Å². The van der Waals surface area contributed by atoms with Gasteiger partial charge in [0.2, 0.25) is 5.96 Å². The smallest absolute Gasteiger partial charge is 0.234 e. The molecule has 2 aromatic rings. The van der Waals surface area contributed by atoms with Gasteiger partial charge in [0, 0.05) is 12.4 Å². The van der Waals surface area contributed by atoms with E-state index < -0.39 is 0 Å². The molecule has 0 unspecified atom stereocenters. The van der Waals surface area contributed by atoms with Gasteiger partial charge in [0.05, 0.1) is 0 Å². The van der Waals surface area contributed by atoms with Crippen molar-refractivity contribution in [1.29, 1.82) is 0 Å². The molecule has 0 fully saturated rings. The molecule has 0 bridgehead atoms. The molecular formula is C19H20ClN5. The van der Waals surface area contributed by atoms with E-state index in [0.717, 1.165) is 11.1 Å². The van der Waals surface area contributed by atoms with Crippen LogP contribution in [-0.4, -0.2) is 18.4 Å². The number of nitrogens with one attached hydrogen (secondary N) is 1. The van der Waals surface area contributed by atoms with E-state index in [-0.39, 0.29) is 18.4 Å². The number of rotatable bonds is 6. The Morgan fingerprint density at radius 1 is 0.800 bits per heavy atom. The second-order valence-electron chi connectivity index (χ2n) is 4.68. The number of guanidine groups is 1. The Morgan fingerprint density at radius 3 is 1.88 bits per heavy atom. The number of allylic oxidation sites excluding steroid dienone is 2. The average molecular weight is 354 g/mol. The number of hydrogen-bond acceptors (Lipinski definition) is 3. The molecule has 0 aromatic heterocycles. The van der Waals surface area contributed by atoms with E-state index in [0.29, 0.717) is 0 Å². The molecule has 0 aliphatic heterocycles. The Morgan fingerprint density at radius 2 is 1.32 bits per heavy atom. The van der Waals surface area contributed by atoms with Crippen LogP contribution in [0.1, 0.15) is 11.1 Å². The second kappa shape index (κ2) is 12.3. The summed E-state index contributed by atoms with van der Waals surface area (Å²) in [6.45, 7) is 0. The van der Waals surface area contributed by atoms with Crippen LogP contribution in [0, 0.1) is 0 Å². The van der Waals surface area contributed by atoms with Crippen molar-refractivity contribution in [2.24, 2.45) is 21.0 Å². The predicted octanol–water partition coefficient (Wildman–Crippen LogP) is 3.71. The summed E-state index contributed by atoms with van der Waals surface area (Å²) < 4.78 is 0. The molecule has 2 rings (SSSR count). The van der Waals surface area contributed by atoms with Gasteiger partial charge in [0.15, 0.2) is 0 Å². The Hall–Kier alpha value is -3.18. The van der Waals surface area contributed by atoms with Crippen LogP contribution in [-0.2, 0) is 0 Å². The lowest BCUT2D eigenvalue weighted by Crippen LogP contribution is -2.26. The largest absolute Gasteiger partial charge is 0.367 e. The minimum atomic E-state index is 0. The quantitative estimate of drug-likeness (QED) is 0.472. The maximum Gasteiger partial charge on any atom is 0.234 e. The van der Waals surface area contributed by atoms with Crippen molar-refractivity contribution in [1.82, 2.24) is 5.43 Å². The molecule has 6 heteroatoms. The highest BCUT2D eigenvalue weighted by Crippen LogP contribution is 2.00. The molecule has 0 saturated heterocycles. The van der Waals surface area contributed by atoms with Gasteiger partial charge in [-0.3, -0.25) is 0 Å². The lowest BCUT2D eigenvalue weighted by molar-refractivity contribution is 0.995. The first kappa shape index (κ1) is 19.9. The molecule has 0 heterocycles. The summed E-state index contributed by atoms with van der Waals surface area (Å²) in [6.07, 6.45) is 10.6. The molecule has 0 atom stereocenters. The Kier molecular flexibility index (Phi) is 9.75. The molecule has 5 nitrogen and oxygen atoms in total. The maximum atomic E-state index is 5.62. The van der Waals surface area contributed by atoms with Crippen LogP contribution in [0.5, 0.6) is 0 Å². The first-order valence-corrected chi connectivity index (χ1v) is 7.43. The third kappa shape index (κ3) is 8.88. The van der Waals surface area contributed by atoms with Crippen molar-refractivity contribution in [2.45, 2.75) is 0 Å². The molecule has 25 heavy (non-hydrogen) atoms. The van der Waals surface area contributed by atoms with Gasteiger partial charge in [-0.15, -0.1) is 17.5 Å². The molecule has 0 aliphatic rings. The summed E-state index contributed by atoms with van der Waals surface area (Å²) in [4.78, 5) is 0. The topological polar surface area (TPSA) is 75.1 Å². The molecule has 0 amide bonds. The van der Waals surface area contributed by atoms with Crippen molar-refractivity contribution >= 4 is 42.9 Å². The van der Waals surface area contributed by atoms with Crippen LogP contribution < -0.4 is 11.2 Å². The number of benzene rings is 2. The van der Waals surface area contributed by atoms with E-state index in [1.165, 1.54) is 0 Å². The van der Waals surface area contributed by atoms with Gasteiger partial charge in [-0.2, -0.15) is 10.2 Å². The molecule has 128 valence electrons. The van der Waals surface area contributed by atoms with Crippen LogP contribution >= 0.6 is 12.4 Å². The van der Waals surface area contributed by atoms with Crippen molar-refractivity contribution in [3.05, 3.63) is 83.9 Å². The monoisotopic (exact) mass is 353 g/mol. The Labute approximate surface area is 153 Å². The molecular weight excluding hydrogens is 334 g/mol. The molecule has 0 aliphatic carbocycles. The van der Waals surface area contributed by atoms with Crippen molar-refractivity contribution in [3.63, 3.8) is 0 Å². The first-order chi connectivity index (χ1) is 11.8. The standard InChI is InChI=1S/C19H19N5.ClH/c20-19(23-21-15-7-13-17-9-3-1-4-10-17)24-22-16-8-14-18-11-5-2-6-12-18;/h1-16H,(H3,20,23,24);1H. The minimum Gasteiger partial charge on any atom is -0.367 e. The minimum absolute atomic E-state index is 0. The van der Waals surface area contributed by atoms with E-state index in [4.69, 9.17) is 5.73 Å². The average Bonchev–Trinajstić information content (AvgIpc) is 2.63. The number of nitrogens with two attached hydrogens (primary N) is 1. The third-order valence-corrected chi connectivity index (χ3v) is 2.83. The van der Waals surface area contributed by atoms with Gasteiger partial charge in [-0.05, 0) is 23.3 Å². The summed E-state index contributed by atoms with van der Waals surface area (Å²) >= 11 is 0. The lowest BCUT2D eigenvalue weighted by Gasteiger charge is -1.93. The summed E-state index contributed by atoms with van der Waals surface area (Å²) in [7, 11) is 0. The number of hydrazone groups is 1. The van der Waals surface area contributed by atoms with Gasteiger partial charge in [-0.1, -0.05) is 72.8 Å². The maximum absolute atomic E-state index is 5.62. The van der Waals surface area contributed by atoms with Crippen LogP contribution in [0.3, 0.4) is 0 Å². The van der Waals surface area contributed by atoms with E-state index in [9.17, 15) is 0 Å². The summed E-state index contributed by atoms with van der Waals surface area (Å²) in [5.41, 5.74) is 10.4. The fraction of sp³-hybridized carbons (Fsp3) is 0. The molecule has 0 spiro atoms. The molecule has 0 saturated carbocycles. The fourth-order valence-electron chi connectivity index (χ4n) is 1.74. The highest BCUT2D eigenvalue weighted by Gasteiger charge is 1.84. The van der Waals surface area contributed by atoms with Crippen LogP contribution in [0.15, 0.2) is 88.1 Å². The Bertz CT molecular complexity index is 750. The van der Waals surface area contributed by atoms with Gasteiger partial charge >= 0.3 is 0 Å². The summed E-state index contributed by atoms with van der Waals surface area (Å²) in [6, 6.07) is 19.9. The van der Waals surface area contributed by atoms with Crippen molar-refractivity contribution in [3.8, 4) is 0 Å². The highest BCUT2D eigenvalue weighted by molar-refractivity contribution is 5.85. The van der Waals surface area contributed by atoms with Gasteiger partial charge in [-0.25, -0.2) is 5.43 Å². The van der Waals surface area contributed by atoms with E-state index in [1.54, 1.807) is 18.5 Å². The summed E-state index contributed by atoms with van der Waals surface area (Å²) in [5, 5.41) is 11.5. The molecule has 0 radical (unpaired) electrons. The van der Waals surface area contributed by atoms with Crippen LogP contribution in [0.25, 0.3) is 12.2 Å². The lowest BCUT2D eigenvalue weighted by atomic mass is 10.2. The van der Waals surface area contributed by atoms with E-state index in [2.05, 4.69) is 20.7 Å². The second-order valence-corrected chi connectivity index (χ2v) is 4.68. The first-order valence-electron chi connectivity index (χ1n) is 7.43. The highest BCUT2D eigenvalue weighted by atomic mass is 35.5. The molecule has 2 aromatic carbocycles. The van der Waals surface area contributed by atoms with E-state index in [1.807, 2.05) is 78.9 Å². The molecule has 3 N–H and O–H groups in total. The zero-order valence-corrected chi connectivity index (χ0v) is 14.4. The zero-order valence-electron chi connectivity index (χ0n) is 13.6. The normalized spacial score (nSPS) is 12.2. The van der Waals surface area contributed by atoms with Crippen molar-refractivity contribution < 1.29 is 0 Å². The number of hydrogen-bond donors (Lipinski definition) is 2. The predicted molar refractivity (Wildman–Crippen MR) is 110 cm³/mol. The SMILES string of the molecule is Cl.NC(=NN=CC=Cc1ccccc1)NN=CC=Cc1ccccc1. The number of nitrogens with zero attached hydrogens (tertiary/aromatic N) is 3. The van der Waals surface area contributed by atoms with Gasteiger partial charge < -0.3 is 5.73 Å². The Balaban J connectivity index is 0.00000312. The van der Waals surface area contributed by atoms with Gasteiger partial charge in [0.1, 0.15) is 0 Å². The zero-order chi connectivity index (χ0) is 16.9. The third-order valence-electron chi connectivity index (χ3n) is 2.83. The summed E-state index contributed by atoms with van der Waals surface area (Å²) in [5.74, 6) is 0.115. The van der Waals surface area contributed by atoms with E-state index >= 15 is 0 Å². The fourth-order valence-corrected chi connectivity index (χ4v) is 1.74. The van der Waals surface area contributed by atoms with Crippen LogP contribution in [0.4, 0.5) is 0 Å². The number of halogens is 1. The van der Waals surface area contributed by atoms with Gasteiger partial charge in [0.25, 0.3) is 0 Å².